The Bertz CT molecular complexity index is 748. The molecule has 0 fully saturated rings. The van der Waals surface area contributed by atoms with Crippen LogP contribution in [0.25, 0.3) is 11.6 Å². The van der Waals surface area contributed by atoms with Crippen LogP contribution in [0.5, 0.6) is 0 Å². The summed E-state index contributed by atoms with van der Waals surface area (Å²) in [6.45, 7) is 1.96. The van der Waals surface area contributed by atoms with E-state index in [2.05, 4.69) is 20.1 Å². The number of nitrogens with zero attached hydrogens (tertiary/aromatic N) is 4. The first-order valence-electron chi connectivity index (χ1n) is 5.57. The van der Waals surface area contributed by atoms with Gasteiger partial charge in [-0.05, 0) is 13.0 Å². The molecule has 6 nitrogen and oxygen atoms in total. The number of hydrogen-bond acceptors (Lipinski definition) is 6. The molecule has 1 N–H and O–H groups in total. The lowest BCUT2D eigenvalue weighted by molar-refractivity contribution is 0.422. The third-order valence-corrected chi connectivity index (χ3v) is 3.34. The summed E-state index contributed by atoms with van der Waals surface area (Å²) in [6, 6.07) is 3.71. The van der Waals surface area contributed by atoms with Crippen LogP contribution in [0.15, 0.2) is 22.2 Å². The van der Waals surface area contributed by atoms with E-state index in [1.807, 2.05) is 18.4 Å². The summed E-state index contributed by atoms with van der Waals surface area (Å²) in [5.41, 5.74) is 2.11. The quantitative estimate of drug-likeness (QED) is 0.789. The first kappa shape index (κ1) is 11.6. The van der Waals surface area contributed by atoms with E-state index >= 15 is 0 Å². The molecule has 0 radical (unpaired) electrons. The minimum absolute atomic E-state index is 0.378. The van der Waals surface area contributed by atoms with Gasteiger partial charge in [-0.1, -0.05) is 5.16 Å². The van der Waals surface area contributed by atoms with Crippen LogP contribution in [-0.2, 0) is 6.42 Å². The Labute approximate surface area is 112 Å². The maximum atomic E-state index is 8.76. The number of thiazole rings is 1. The number of H-pyrrole nitrogens is 1. The van der Waals surface area contributed by atoms with E-state index in [4.69, 9.17) is 9.78 Å². The second kappa shape index (κ2) is 4.66. The molecule has 0 saturated carbocycles. The Balaban J connectivity index is 1.81. The molecule has 19 heavy (non-hydrogen) atoms. The maximum absolute atomic E-state index is 8.76. The molecule has 0 aliphatic rings. The molecule has 94 valence electrons. The Morgan fingerprint density at radius 1 is 1.47 bits per heavy atom. The Morgan fingerprint density at radius 2 is 2.37 bits per heavy atom. The Kier molecular flexibility index (Phi) is 2.85. The second-order valence-corrected chi connectivity index (χ2v) is 5.03. The zero-order valence-corrected chi connectivity index (χ0v) is 10.9. The summed E-state index contributed by atoms with van der Waals surface area (Å²) < 4.78 is 5.16. The van der Waals surface area contributed by atoms with Crippen LogP contribution < -0.4 is 0 Å². The van der Waals surface area contributed by atoms with Gasteiger partial charge in [0.15, 0.2) is 5.82 Å². The summed E-state index contributed by atoms with van der Waals surface area (Å²) in [5, 5.41) is 15.7. The van der Waals surface area contributed by atoms with Crippen LogP contribution in [0, 0.1) is 18.3 Å². The molecule has 0 spiro atoms. The van der Waals surface area contributed by atoms with Gasteiger partial charge in [-0.25, -0.2) is 4.98 Å². The second-order valence-electron chi connectivity index (χ2n) is 3.96. The minimum Gasteiger partial charge on any atom is -0.356 e. The van der Waals surface area contributed by atoms with Crippen molar-refractivity contribution in [3.63, 3.8) is 0 Å². The van der Waals surface area contributed by atoms with Crippen molar-refractivity contribution < 1.29 is 4.52 Å². The first-order chi connectivity index (χ1) is 9.24. The third kappa shape index (κ3) is 2.39. The van der Waals surface area contributed by atoms with Gasteiger partial charge in [0, 0.05) is 11.6 Å². The van der Waals surface area contributed by atoms with Gasteiger partial charge < -0.3 is 9.51 Å². The molecule has 3 heterocycles. The largest absolute Gasteiger partial charge is 0.356 e. The van der Waals surface area contributed by atoms with Crippen molar-refractivity contribution >= 4 is 11.3 Å². The van der Waals surface area contributed by atoms with Gasteiger partial charge in [-0.15, -0.1) is 11.3 Å². The highest BCUT2D eigenvalue weighted by molar-refractivity contribution is 7.09. The molecular formula is C12H9N5OS. The van der Waals surface area contributed by atoms with E-state index in [9.17, 15) is 0 Å². The van der Waals surface area contributed by atoms with Gasteiger partial charge in [0.2, 0.25) is 0 Å². The van der Waals surface area contributed by atoms with E-state index in [0.29, 0.717) is 29.4 Å². The van der Waals surface area contributed by atoms with Crippen molar-refractivity contribution in [2.75, 3.05) is 0 Å². The fraction of sp³-hybridized carbons (Fsp3) is 0.167. The molecule has 0 aliphatic heterocycles. The number of hydrogen-bond donors (Lipinski definition) is 1. The Morgan fingerprint density at radius 3 is 3.05 bits per heavy atom. The molecule has 0 bridgehead atoms. The summed E-state index contributed by atoms with van der Waals surface area (Å²) in [5.74, 6) is 0.955. The number of aromatic nitrogens is 4. The third-order valence-electron chi connectivity index (χ3n) is 2.52. The molecule has 3 aromatic rings. The average Bonchev–Trinajstić information content (AvgIpc) is 3.10. The molecule has 0 unspecified atom stereocenters. The molecule has 0 amide bonds. The zero-order valence-electron chi connectivity index (χ0n) is 10.0. The van der Waals surface area contributed by atoms with E-state index in [0.717, 1.165) is 10.7 Å². The van der Waals surface area contributed by atoms with Gasteiger partial charge >= 0.3 is 0 Å². The fourth-order valence-corrected chi connectivity index (χ4v) is 2.28. The highest BCUT2D eigenvalue weighted by atomic mass is 32.1. The predicted molar refractivity (Wildman–Crippen MR) is 68.5 cm³/mol. The number of aryl methyl sites for hydroxylation is 1. The molecule has 0 atom stereocenters. The molecule has 0 aliphatic carbocycles. The van der Waals surface area contributed by atoms with E-state index in [1.54, 1.807) is 23.6 Å². The Hall–Kier alpha value is -2.46. The normalized spacial score (nSPS) is 10.5. The number of rotatable bonds is 3. The topological polar surface area (TPSA) is 91.4 Å². The molecule has 3 aromatic heterocycles. The highest BCUT2D eigenvalue weighted by Crippen LogP contribution is 2.18. The lowest BCUT2D eigenvalue weighted by Gasteiger charge is -1.87. The summed E-state index contributed by atoms with van der Waals surface area (Å²) >= 11 is 1.59. The van der Waals surface area contributed by atoms with Gasteiger partial charge in [0.05, 0.1) is 22.7 Å². The summed E-state index contributed by atoms with van der Waals surface area (Å²) in [4.78, 5) is 11.6. The molecule has 0 aromatic carbocycles. The van der Waals surface area contributed by atoms with Gasteiger partial charge in [-0.3, -0.25) is 0 Å². The lowest BCUT2D eigenvalue weighted by atomic mass is 10.3. The molecule has 7 heteroatoms. The van der Waals surface area contributed by atoms with Crippen LogP contribution in [0.4, 0.5) is 0 Å². The fourth-order valence-electron chi connectivity index (χ4n) is 1.67. The van der Waals surface area contributed by atoms with Crippen molar-refractivity contribution in [2.45, 2.75) is 13.3 Å². The lowest BCUT2D eigenvalue weighted by Crippen LogP contribution is -1.91. The first-order valence-corrected chi connectivity index (χ1v) is 6.45. The van der Waals surface area contributed by atoms with Crippen molar-refractivity contribution in [2.24, 2.45) is 0 Å². The van der Waals surface area contributed by atoms with E-state index < -0.39 is 0 Å². The van der Waals surface area contributed by atoms with Gasteiger partial charge in [0.25, 0.3) is 5.89 Å². The standard InChI is InChI=1S/C12H9N5OS/c1-7-15-9(6-19-7)3-11-16-12(18-17-11)10-2-8(4-13)5-14-10/h2,5-6,14H,3H2,1H3. The molecule has 3 rings (SSSR count). The van der Waals surface area contributed by atoms with Crippen molar-refractivity contribution in [3.8, 4) is 17.7 Å². The molecule has 0 saturated heterocycles. The van der Waals surface area contributed by atoms with Crippen LogP contribution >= 0.6 is 11.3 Å². The monoisotopic (exact) mass is 271 g/mol. The number of nitriles is 1. The van der Waals surface area contributed by atoms with E-state index in [1.165, 1.54) is 0 Å². The zero-order chi connectivity index (χ0) is 13.2. The van der Waals surface area contributed by atoms with Gasteiger partial charge in [-0.2, -0.15) is 10.2 Å². The highest BCUT2D eigenvalue weighted by Gasteiger charge is 2.12. The van der Waals surface area contributed by atoms with Crippen LogP contribution in [0.1, 0.15) is 22.1 Å². The predicted octanol–water partition coefficient (Wildman–Crippen LogP) is 2.29. The van der Waals surface area contributed by atoms with Crippen LogP contribution in [0.3, 0.4) is 0 Å². The number of aromatic amines is 1. The van der Waals surface area contributed by atoms with Crippen molar-refractivity contribution in [1.29, 1.82) is 5.26 Å². The summed E-state index contributed by atoms with van der Waals surface area (Å²) in [6.07, 6.45) is 2.14. The van der Waals surface area contributed by atoms with Gasteiger partial charge in [0.1, 0.15) is 11.8 Å². The van der Waals surface area contributed by atoms with Crippen LogP contribution in [0.2, 0.25) is 0 Å². The average molecular weight is 271 g/mol. The van der Waals surface area contributed by atoms with E-state index in [-0.39, 0.29) is 0 Å². The van der Waals surface area contributed by atoms with Crippen LogP contribution in [-0.4, -0.2) is 20.1 Å². The van der Waals surface area contributed by atoms with Crippen molar-refractivity contribution in [3.05, 3.63) is 39.7 Å². The SMILES string of the molecule is Cc1nc(Cc2noc(-c3cc(C#N)c[nH]3)n2)cs1. The minimum atomic E-state index is 0.378. The maximum Gasteiger partial charge on any atom is 0.274 e. The molecular weight excluding hydrogens is 262 g/mol. The van der Waals surface area contributed by atoms with Crippen molar-refractivity contribution in [1.82, 2.24) is 20.1 Å². The smallest absolute Gasteiger partial charge is 0.274 e. The summed E-state index contributed by atoms with van der Waals surface area (Å²) in [7, 11) is 0. The number of nitrogens with one attached hydrogen (secondary N) is 1.